The molecule has 4 N–H and O–H groups in total. The van der Waals surface area contributed by atoms with Crippen LogP contribution in [0.4, 0.5) is 0 Å². The third-order valence-electron chi connectivity index (χ3n) is 2.41. The number of amides is 1. The summed E-state index contributed by atoms with van der Waals surface area (Å²) in [5.74, 6) is -0.193. The molecule has 1 amide bonds. The predicted molar refractivity (Wildman–Crippen MR) is 64.1 cm³/mol. The van der Waals surface area contributed by atoms with E-state index in [-0.39, 0.29) is 5.91 Å². The highest BCUT2D eigenvalue weighted by Gasteiger charge is 2.07. The van der Waals surface area contributed by atoms with E-state index >= 15 is 0 Å². The van der Waals surface area contributed by atoms with E-state index in [2.05, 4.69) is 15.3 Å². The molecule has 0 aliphatic carbocycles. The molecule has 0 fully saturated rings. The summed E-state index contributed by atoms with van der Waals surface area (Å²) in [5, 5.41) is 2.79. The Bertz CT molecular complexity index is 493. The molecule has 0 aliphatic heterocycles. The van der Waals surface area contributed by atoms with Gasteiger partial charge in [0.05, 0.1) is 0 Å². The van der Waals surface area contributed by atoms with Gasteiger partial charge >= 0.3 is 0 Å². The second-order valence-electron chi connectivity index (χ2n) is 3.66. The summed E-state index contributed by atoms with van der Waals surface area (Å²) in [5.41, 5.74) is 7.82. The molecule has 0 atom stereocenters. The fourth-order valence-electron chi connectivity index (χ4n) is 1.47. The van der Waals surface area contributed by atoms with Gasteiger partial charge in [-0.3, -0.25) is 9.78 Å². The van der Waals surface area contributed by atoms with Gasteiger partial charge in [0, 0.05) is 31.7 Å². The van der Waals surface area contributed by atoms with Crippen LogP contribution in [-0.4, -0.2) is 15.9 Å². The Morgan fingerprint density at radius 3 is 3.00 bits per heavy atom. The molecular weight excluding hydrogens is 216 g/mol. The van der Waals surface area contributed by atoms with Crippen LogP contribution >= 0.6 is 0 Å². The van der Waals surface area contributed by atoms with E-state index in [4.69, 9.17) is 5.73 Å². The third kappa shape index (κ3) is 2.92. The van der Waals surface area contributed by atoms with Crippen molar-refractivity contribution in [3.8, 4) is 0 Å². The largest absolute Gasteiger partial charge is 0.367 e. The lowest BCUT2D eigenvalue weighted by Crippen LogP contribution is -2.23. The molecule has 2 rings (SSSR count). The molecule has 0 spiro atoms. The van der Waals surface area contributed by atoms with Crippen LogP contribution in [0.5, 0.6) is 0 Å². The maximum absolute atomic E-state index is 11.8. The quantitative estimate of drug-likeness (QED) is 0.726. The van der Waals surface area contributed by atoms with E-state index in [1.54, 1.807) is 18.3 Å². The highest BCUT2D eigenvalue weighted by molar-refractivity contribution is 5.92. The minimum absolute atomic E-state index is 0.193. The van der Waals surface area contributed by atoms with Gasteiger partial charge < -0.3 is 16.0 Å². The van der Waals surface area contributed by atoms with Crippen molar-refractivity contribution in [2.24, 2.45) is 5.73 Å². The van der Waals surface area contributed by atoms with Crippen LogP contribution in [0.15, 0.2) is 36.8 Å². The molecule has 5 nitrogen and oxygen atoms in total. The fraction of sp³-hybridized carbons (Fsp3) is 0.167. The molecule has 0 aromatic carbocycles. The molecule has 0 saturated carbocycles. The maximum Gasteiger partial charge on any atom is 0.270 e. The number of nitrogens with one attached hydrogen (secondary N) is 2. The molecule has 2 aromatic rings. The normalized spacial score (nSPS) is 10.2. The molecule has 2 heterocycles. The van der Waals surface area contributed by atoms with Crippen LogP contribution in [0.1, 0.15) is 21.6 Å². The molecule has 0 radical (unpaired) electrons. The van der Waals surface area contributed by atoms with Crippen molar-refractivity contribution in [3.05, 3.63) is 53.6 Å². The average molecular weight is 230 g/mol. The second kappa shape index (κ2) is 5.27. The van der Waals surface area contributed by atoms with Crippen LogP contribution < -0.4 is 11.1 Å². The van der Waals surface area contributed by atoms with E-state index in [0.717, 1.165) is 11.1 Å². The van der Waals surface area contributed by atoms with Crippen molar-refractivity contribution < 1.29 is 4.79 Å². The molecule has 17 heavy (non-hydrogen) atoms. The van der Waals surface area contributed by atoms with Crippen molar-refractivity contribution in [2.45, 2.75) is 13.1 Å². The van der Waals surface area contributed by atoms with Gasteiger partial charge in [0.1, 0.15) is 5.69 Å². The van der Waals surface area contributed by atoms with E-state index in [1.165, 1.54) is 0 Å². The number of pyridine rings is 1. The van der Waals surface area contributed by atoms with Gasteiger partial charge in [-0.15, -0.1) is 0 Å². The van der Waals surface area contributed by atoms with Crippen LogP contribution in [0, 0.1) is 0 Å². The van der Waals surface area contributed by atoms with E-state index < -0.39 is 0 Å². The van der Waals surface area contributed by atoms with Gasteiger partial charge in [0.15, 0.2) is 0 Å². The number of carbonyl (C=O) groups is 1. The van der Waals surface area contributed by atoms with E-state index in [0.29, 0.717) is 18.8 Å². The Kier molecular flexibility index (Phi) is 3.52. The van der Waals surface area contributed by atoms with Crippen LogP contribution in [0.3, 0.4) is 0 Å². The zero-order valence-corrected chi connectivity index (χ0v) is 9.31. The van der Waals surface area contributed by atoms with Gasteiger partial charge in [-0.1, -0.05) is 0 Å². The summed E-state index contributed by atoms with van der Waals surface area (Å²) in [6.07, 6.45) is 5.24. The highest BCUT2D eigenvalue weighted by atomic mass is 16.1. The molecular formula is C12H14N4O. The van der Waals surface area contributed by atoms with Crippen LogP contribution in [0.25, 0.3) is 0 Å². The van der Waals surface area contributed by atoms with Crippen LogP contribution in [-0.2, 0) is 13.1 Å². The number of carbonyl (C=O) groups excluding carboxylic acids is 1. The Balaban J connectivity index is 1.99. The molecule has 0 aliphatic rings. The Morgan fingerprint density at radius 2 is 2.29 bits per heavy atom. The summed E-state index contributed by atoms with van der Waals surface area (Å²) in [6.45, 7) is 0.886. The lowest BCUT2D eigenvalue weighted by Gasteiger charge is -2.04. The molecule has 5 heteroatoms. The molecule has 2 aromatic heterocycles. The first-order chi connectivity index (χ1) is 8.29. The minimum Gasteiger partial charge on any atom is -0.367 e. The standard InChI is InChI=1S/C12H14N4O/c13-6-9-2-4-15-11(5-9)12(17)16-8-10-1-3-14-7-10/h1-5,7,14H,6,8,13H2,(H,16,17). The molecule has 88 valence electrons. The van der Waals surface area contributed by atoms with E-state index in [1.807, 2.05) is 18.5 Å². The van der Waals surface area contributed by atoms with Gasteiger partial charge in [-0.05, 0) is 29.3 Å². The average Bonchev–Trinajstić information content (AvgIpc) is 2.89. The van der Waals surface area contributed by atoms with Gasteiger partial charge in [-0.25, -0.2) is 0 Å². The lowest BCUT2D eigenvalue weighted by molar-refractivity contribution is 0.0946. The topological polar surface area (TPSA) is 83.8 Å². The summed E-state index contributed by atoms with van der Waals surface area (Å²) < 4.78 is 0. The molecule has 0 bridgehead atoms. The van der Waals surface area contributed by atoms with Crippen molar-refractivity contribution in [1.29, 1.82) is 0 Å². The lowest BCUT2D eigenvalue weighted by atomic mass is 10.2. The molecule has 0 saturated heterocycles. The Labute approximate surface area is 99.1 Å². The first-order valence-electron chi connectivity index (χ1n) is 5.34. The number of rotatable bonds is 4. The van der Waals surface area contributed by atoms with Crippen molar-refractivity contribution in [1.82, 2.24) is 15.3 Å². The SMILES string of the molecule is NCc1ccnc(C(=O)NCc2cc[nH]c2)c1. The second-order valence-corrected chi connectivity index (χ2v) is 3.66. The number of H-pyrrole nitrogens is 1. The summed E-state index contributed by atoms with van der Waals surface area (Å²) in [4.78, 5) is 18.7. The van der Waals surface area contributed by atoms with Crippen molar-refractivity contribution >= 4 is 5.91 Å². The Morgan fingerprint density at radius 1 is 1.41 bits per heavy atom. The van der Waals surface area contributed by atoms with Crippen LogP contribution in [0.2, 0.25) is 0 Å². The van der Waals surface area contributed by atoms with Gasteiger partial charge in [-0.2, -0.15) is 0 Å². The first-order valence-corrected chi connectivity index (χ1v) is 5.34. The van der Waals surface area contributed by atoms with Crippen molar-refractivity contribution in [2.75, 3.05) is 0 Å². The third-order valence-corrected chi connectivity index (χ3v) is 2.41. The van der Waals surface area contributed by atoms with Gasteiger partial charge in [0.2, 0.25) is 0 Å². The first kappa shape index (κ1) is 11.3. The Hall–Kier alpha value is -2.14. The number of aromatic nitrogens is 2. The van der Waals surface area contributed by atoms with Crippen molar-refractivity contribution in [3.63, 3.8) is 0 Å². The number of aromatic amines is 1. The zero-order valence-electron chi connectivity index (χ0n) is 9.31. The monoisotopic (exact) mass is 230 g/mol. The predicted octanol–water partition coefficient (Wildman–Crippen LogP) is 0.798. The fourth-order valence-corrected chi connectivity index (χ4v) is 1.47. The number of nitrogens with two attached hydrogens (primary N) is 1. The summed E-state index contributed by atoms with van der Waals surface area (Å²) >= 11 is 0. The summed E-state index contributed by atoms with van der Waals surface area (Å²) in [6, 6.07) is 5.40. The van der Waals surface area contributed by atoms with Gasteiger partial charge in [0.25, 0.3) is 5.91 Å². The summed E-state index contributed by atoms with van der Waals surface area (Å²) in [7, 11) is 0. The zero-order chi connectivity index (χ0) is 12.1. The number of hydrogen-bond acceptors (Lipinski definition) is 3. The maximum atomic E-state index is 11.8. The minimum atomic E-state index is -0.193. The molecule has 0 unspecified atom stereocenters. The smallest absolute Gasteiger partial charge is 0.270 e. The number of nitrogens with zero attached hydrogens (tertiary/aromatic N) is 1. The highest BCUT2D eigenvalue weighted by Crippen LogP contribution is 2.02. The van der Waals surface area contributed by atoms with E-state index in [9.17, 15) is 4.79 Å². The number of hydrogen-bond donors (Lipinski definition) is 3.